The van der Waals surface area contributed by atoms with E-state index >= 15 is 0 Å². The lowest BCUT2D eigenvalue weighted by molar-refractivity contribution is 0.614. The van der Waals surface area contributed by atoms with Crippen molar-refractivity contribution in [3.05, 3.63) is 23.4 Å². The van der Waals surface area contributed by atoms with E-state index in [-0.39, 0.29) is 4.90 Å². The van der Waals surface area contributed by atoms with E-state index in [1.807, 2.05) is 0 Å². The van der Waals surface area contributed by atoms with Crippen LogP contribution in [0.15, 0.2) is 22.6 Å². The molecule has 0 radical (unpaired) electrons. The fourth-order valence-corrected chi connectivity index (χ4v) is 1.46. The van der Waals surface area contributed by atoms with Crippen molar-refractivity contribution in [1.82, 2.24) is 4.98 Å². The van der Waals surface area contributed by atoms with Crippen LogP contribution >= 0.6 is 12.6 Å². The van der Waals surface area contributed by atoms with Gasteiger partial charge in [-0.05, 0) is 11.5 Å². The molecule has 0 bridgehead atoms. The molecule has 0 aliphatic heterocycles. The molecule has 13 heavy (non-hydrogen) atoms. The summed E-state index contributed by atoms with van der Waals surface area (Å²) in [5.74, 6) is 0. The van der Waals surface area contributed by atoms with E-state index in [4.69, 9.17) is 5.41 Å². The Bertz CT molecular complexity index is 410. The number of hydrogen-bond donors (Lipinski definition) is 4. The molecule has 1 aromatic rings. The number of aromatic nitrogens is 1. The number of allylic oxidation sites excluding steroid dienone is 1. The van der Waals surface area contributed by atoms with Crippen LogP contribution in [0, 0.1) is 5.41 Å². The summed E-state index contributed by atoms with van der Waals surface area (Å²) in [6.45, 7) is 0. The molecule has 6 heteroatoms. The maximum atomic E-state index is 10.5. The molecule has 0 saturated carbocycles. The van der Waals surface area contributed by atoms with Gasteiger partial charge in [-0.25, -0.2) is 8.42 Å². The Morgan fingerprint density at radius 3 is 2.69 bits per heavy atom. The van der Waals surface area contributed by atoms with Crippen LogP contribution in [0.3, 0.4) is 0 Å². The molecule has 0 saturated heterocycles. The molecule has 1 rings (SSSR count). The molecule has 0 atom stereocenters. The van der Waals surface area contributed by atoms with Gasteiger partial charge in [0.25, 0.3) is 0 Å². The standard InChI is InChI=1S/C7H8N2O2S2/c8-2-5(4-12)7-1-6(3-9-7)13(10)11/h1-4,8-9,12-13H/b5-4+,8-2?. The first-order valence-corrected chi connectivity index (χ1v) is 5.06. The third kappa shape index (κ3) is 2.22. The highest BCUT2D eigenvalue weighted by molar-refractivity contribution is 7.83. The van der Waals surface area contributed by atoms with Gasteiger partial charge < -0.3 is 10.4 Å². The minimum absolute atomic E-state index is 0.208. The van der Waals surface area contributed by atoms with Gasteiger partial charge in [0.2, 0.25) is 0 Å². The lowest BCUT2D eigenvalue weighted by Gasteiger charge is -1.92. The second-order valence-electron chi connectivity index (χ2n) is 2.26. The third-order valence-corrected chi connectivity index (χ3v) is 2.44. The molecule has 4 nitrogen and oxygen atoms in total. The summed E-state index contributed by atoms with van der Waals surface area (Å²) in [7, 11) is -2.57. The Kier molecular flexibility index (Phi) is 3.32. The van der Waals surface area contributed by atoms with Crippen molar-refractivity contribution >= 4 is 35.1 Å². The predicted octanol–water partition coefficient (Wildman–Crippen LogP) is 0.905. The smallest absolute Gasteiger partial charge is 0.169 e. The van der Waals surface area contributed by atoms with Gasteiger partial charge in [0.05, 0.1) is 4.90 Å². The molecule has 0 aromatic carbocycles. The summed E-state index contributed by atoms with van der Waals surface area (Å²) >= 11 is 3.88. The zero-order valence-corrected chi connectivity index (χ0v) is 8.31. The fourth-order valence-electron chi connectivity index (χ4n) is 0.840. The topological polar surface area (TPSA) is 73.8 Å². The summed E-state index contributed by atoms with van der Waals surface area (Å²) in [5.41, 5.74) is 1.10. The first kappa shape index (κ1) is 10.1. The highest BCUT2D eigenvalue weighted by atomic mass is 32.2. The Morgan fingerprint density at radius 1 is 1.62 bits per heavy atom. The average Bonchev–Trinajstić information content (AvgIpc) is 2.56. The lowest BCUT2D eigenvalue weighted by atomic mass is 10.2. The second-order valence-corrected chi connectivity index (χ2v) is 3.55. The summed E-state index contributed by atoms with van der Waals surface area (Å²) in [6, 6.07) is 1.46. The van der Waals surface area contributed by atoms with Gasteiger partial charge in [0.1, 0.15) is 0 Å². The van der Waals surface area contributed by atoms with Crippen molar-refractivity contribution in [3.8, 4) is 0 Å². The van der Waals surface area contributed by atoms with Crippen molar-refractivity contribution in [1.29, 1.82) is 5.41 Å². The van der Waals surface area contributed by atoms with E-state index in [0.717, 1.165) is 6.21 Å². The van der Waals surface area contributed by atoms with E-state index in [0.29, 0.717) is 11.3 Å². The van der Waals surface area contributed by atoms with Gasteiger partial charge in [-0.2, -0.15) is 12.6 Å². The van der Waals surface area contributed by atoms with E-state index in [9.17, 15) is 8.42 Å². The Hall–Kier alpha value is -1.01. The predicted molar refractivity (Wildman–Crippen MR) is 55.1 cm³/mol. The highest BCUT2D eigenvalue weighted by Crippen LogP contribution is 2.13. The molecule has 0 amide bonds. The normalized spacial score (nSPS) is 12.0. The van der Waals surface area contributed by atoms with Crippen LogP contribution in [-0.2, 0) is 10.7 Å². The van der Waals surface area contributed by atoms with E-state index in [2.05, 4.69) is 17.6 Å². The molecule has 2 N–H and O–H groups in total. The average molecular weight is 216 g/mol. The minimum Gasteiger partial charge on any atom is -0.360 e. The fraction of sp³-hybridized carbons (Fsp3) is 0. The van der Waals surface area contributed by atoms with Crippen LogP contribution < -0.4 is 0 Å². The number of rotatable bonds is 3. The molecular weight excluding hydrogens is 208 g/mol. The molecule has 1 heterocycles. The maximum absolute atomic E-state index is 10.5. The zero-order valence-electron chi connectivity index (χ0n) is 6.52. The Morgan fingerprint density at radius 2 is 2.31 bits per heavy atom. The van der Waals surface area contributed by atoms with Crippen molar-refractivity contribution in [2.75, 3.05) is 0 Å². The quantitative estimate of drug-likeness (QED) is 0.448. The first-order chi connectivity index (χ1) is 6.19. The molecule has 0 spiro atoms. The van der Waals surface area contributed by atoms with Crippen molar-refractivity contribution in [2.45, 2.75) is 4.90 Å². The maximum Gasteiger partial charge on any atom is 0.169 e. The second kappa shape index (κ2) is 4.29. The summed E-state index contributed by atoms with van der Waals surface area (Å²) in [5, 5.41) is 8.43. The van der Waals surface area contributed by atoms with Crippen molar-refractivity contribution < 1.29 is 8.42 Å². The number of nitrogens with one attached hydrogen (secondary N) is 2. The molecule has 0 unspecified atom stereocenters. The summed E-state index contributed by atoms with van der Waals surface area (Å²) in [4.78, 5) is 2.94. The van der Waals surface area contributed by atoms with Crippen LogP contribution in [-0.4, -0.2) is 19.6 Å². The minimum atomic E-state index is -2.57. The largest absolute Gasteiger partial charge is 0.360 e. The summed E-state index contributed by atoms with van der Waals surface area (Å²) < 4.78 is 21.1. The lowest BCUT2D eigenvalue weighted by Crippen LogP contribution is -1.82. The SMILES string of the molecule is N=C/C(=C\S)c1cc([SH](=O)=O)c[nH]1. The van der Waals surface area contributed by atoms with Crippen LogP contribution in [0.25, 0.3) is 5.57 Å². The molecular formula is C7H8N2O2S2. The molecule has 0 aliphatic rings. The Labute approximate surface area is 82.5 Å². The Balaban J connectivity index is 3.11. The van der Waals surface area contributed by atoms with Gasteiger partial charge in [-0.1, -0.05) is 0 Å². The monoisotopic (exact) mass is 216 g/mol. The first-order valence-electron chi connectivity index (χ1n) is 3.37. The van der Waals surface area contributed by atoms with Crippen LogP contribution in [0.2, 0.25) is 0 Å². The van der Waals surface area contributed by atoms with Gasteiger partial charge in [-0.3, -0.25) is 0 Å². The van der Waals surface area contributed by atoms with E-state index < -0.39 is 10.7 Å². The van der Waals surface area contributed by atoms with Crippen LogP contribution in [0.4, 0.5) is 0 Å². The zero-order chi connectivity index (χ0) is 9.84. The summed E-state index contributed by atoms with van der Waals surface area (Å²) in [6.07, 6.45) is 2.47. The van der Waals surface area contributed by atoms with Crippen molar-refractivity contribution in [3.63, 3.8) is 0 Å². The number of hydrogen-bond acceptors (Lipinski definition) is 4. The highest BCUT2D eigenvalue weighted by Gasteiger charge is 2.02. The van der Waals surface area contributed by atoms with E-state index in [1.165, 1.54) is 17.7 Å². The number of aromatic amines is 1. The van der Waals surface area contributed by atoms with Crippen LogP contribution in [0.5, 0.6) is 0 Å². The van der Waals surface area contributed by atoms with Gasteiger partial charge >= 0.3 is 0 Å². The molecule has 70 valence electrons. The molecule has 0 aliphatic carbocycles. The van der Waals surface area contributed by atoms with Crippen LogP contribution in [0.1, 0.15) is 5.69 Å². The van der Waals surface area contributed by atoms with Gasteiger partial charge in [-0.15, -0.1) is 0 Å². The third-order valence-electron chi connectivity index (χ3n) is 1.48. The molecule has 1 aromatic heterocycles. The molecule has 0 fully saturated rings. The van der Waals surface area contributed by atoms with Gasteiger partial charge in [0, 0.05) is 23.7 Å². The number of H-pyrrole nitrogens is 1. The van der Waals surface area contributed by atoms with Gasteiger partial charge in [0.15, 0.2) is 10.7 Å². The van der Waals surface area contributed by atoms with Crippen molar-refractivity contribution in [2.24, 2.45) is 0 Å². The number of thiol groups is 2. The van der Waals surface area contributed by atoms with E-state index in [1.54, 1.807) is 0 Å².